The first kappa shape index (κ1) is 16.1. The molecule has 0 N–H and O–H groups in total. The van der Waals surface area contributed by atoms with Crippen LogP contribution in [0.15, 0.2) is 42.2 Å². The quantitative estimate of drug-likeness (QED) is 0.860. The van der Waals surface area contributed by atoms with E-state index in [0.29, 0.717) is 5.92 Å². The third kappa shape index (κ3) is 3.50. The number of amides is 1. The van der Waals surface area contributed by atoms with Gasteiger partial charge in [0, 0.05) is 32.3 Å². The molecule has 1 saturated heterocycles. The molecular formula is C20H22FN3O. The van der Waals surface area contributed by atoms with Crippen LogP contribution < -0.4 is 0 Å². The molecule has 1 aliphatic carbocycles. The topological polar surface area (TPSA) is 38.1 Å². The van der Waals surface area contributed by atoms with Crippen molar-refractivity contribution in [1.82, 2.24) is 14.7 Å². The van der Waals surface area contributed by atoms with Crippen molar-refractivity contribution in [2.45, 2.75) is 25.2 Å². The number of likely N-dealkylation sites (tertiary alicyclic amines) is 1. The van der Waals surface area contributed by atoms with Crippen LogP contribution in [0.25, 0.3) is 6.08 Å². The molecule has 130 valence electrons. The molecular weight excluding hydrogens is 317 g/mol. The first-order valence-electron chi connectivity index (χ1n) is 8.82. The SMILES string of the molecule is Cn1cc([C@H]2C[C@@H]2C(=O)N2CCC(=Cc3cccc(F)c3)CC2)cn1. The van der Waals surface area contributed by atoms with Crippen LogP contribution in [0.3, 0.4) is 0 Å². The monoisotopic (exact) mass is 339 g/mol. The maximum atomic E-state index is 13.3. The maximum absolute atomic E-state index is 13.3. The molecule has 0 spiro atoms. The minimum atomic E-state index is -0.211. The van der Waals surface area contributed by atoms with E-state index >= 15 is 0 Å². The van der Waals surface area contributed by atoms with Gasteiger partial charge in [-0.3, -0.25) is 9.48 Å². The van der Waals surface area contributed by atoms with E-state index in [4.69, 9.17) is 0 Å². The Morgan fingerprint density at radius 3 is 2.80 bits per heavy atom. The molecule has 0 unspecified atom stereocenters. The van der Waals surface area contributed by atoms with E-state index < -0.39 is 0 Å². The highest BCUT2D eigenvalue weighted by Gasteiger charge is 2.46. The van der Waals surface area contributed by atoms with Crippen molar-refractivity contribution in [3.05, 3.63) is 59.2 Å². The Kier molecular flexibility index (Phi) is 4.15. The summed E-state index contributed by atoms with van der Waals surface area (Å²) >= 11 is 0. The minimum absolute atomic E-state index is 0.123. The number of aryl methyl sites for hydroxylation is 1. The predicted octanol–water partition coefficient (Wildman–Crippen LogP) is 3.37. The zero-order valence-electron chi connectivity index (χ0n) is 14.4. The zero-order chi connectivity index (χ0) is 17.4. The van der Waals surface area contributed by atoms with Gasteiger partial charge in [-0.15, -0.1) is 0 Å². The molecule has 1 saturated carbocycles. The third-order valence-corrected chi connectivity index (χ3v) is 5.20. The molecule has 1 aromatic heterocycles. The van der Waals surface area contributed by atoms with Crippen LogP contribution in [0.2, 0.25) is 0 Å². The lowest BCUT2D eigenvalue weighted by Crippen LogP contribution is -2.37. The fraction of sp³-hybridized carbons (Fsp3) is 0.400. The van der Waals surface area contributed by atoms with Crippen LogP contribution in [-0.2, 0) is 11.8 Å². The molecule has 0 bridgehead atoms. The van der Waals surface area contributed by atoms with Crippen molar-refractivity contribution in [1.29, 1.82) is 0 Å². The number of benzene rings is 1. The standard InChI is InChI=1S/C20H22FN3O/c1-23-13-16(12-22-23)18-11-19(18)20(25)24-7-5-14(6-8-24)9-15-3-2-4-17(21)10-15/h2-4,9-10,12-13,18-19H,5-8,11H2,1H3/t18-,19+/m1/s1. The highest BCUT2D eigenvalue weighted by atomic mass is 19.1. The molecule has 0 radical (unpaired) electrons. The average molecular weight is 339 g/mol. The highest BCUT2D eigenvalue weighted by Crippen LogP contribution is 2.48. The fourth-order valence-corrected chi connectivity index (χ4v) is 3.69. The highest BCUT2D eigenvalue weighted by molar-refractivity contribution is 5.83. The van der Waals surface area contributed by atoms with E-state index in [0.717, 1.165) is 37.9 Å². The Bertz CT molecular complexity index is 816. The molecule has 5 heteroatoms. The summed E-state index contributed by atoms with van der Waals surface area (Å²) in [6, 6.07) is 6.65. The summed E-state index contributed by atoms with van der Waals surface area (Å²) < 4.78 is 15.1. The molecule has 1 aromatic carbocycles. The lowest BCUT2D eigenvalue weighted by molar-refractivity contribution is -0.133. The second-order valence-electron chi connectivity index (χ2n) is 7.08. The summed E-state index contributed by atoms with van der Waals surface area (Å²) in [5, 5.41) is 4.20. The van der Waals surface area contributed by atoms with Crippen molar-refractivity contribution < 1.29 is 9.18 Å². The average Bonchev–Trinajstić information content (AvgIpc) is 3.29. The number of halogens is 1. The van der Waals surface area contributed by atoms with Crippen LogP contribution in [0.4, 0.5) is 4.39 Å². The first-order valence-corrected chi connectivity index (χ1v) is 8.82. The molecule has 2 atom stereocenters. The van der Waals surface area contributed by atoms with Crippen LogP contribution in [-0.4, -0.2) is 33.7 Å². The van der Waals surface area contributed by atoms with Gasteiger partial charge in [-0.05, 0) is 48.4 Å². The third-order valence-electron chi connectivity index (χ3n) is 5.20. The van der Waals surface area contributed by atoms with Crippen molar-refractivity contribution in [2.75, 3.05) is 13.1 Å². The van der Waals surface area contributed by atoms with E-state index in [2.05, 4.69) is 11.2 Å². The molecule has 25 heavy (non-hydrogen) atoms. The Hall–Kier alpha value is -2.43. The van der Waals surface area contributed by atoms with Crippen molar-refractivity contribution >= 4 is 12.0 Å². The zero-order valence-corrected chi connectivity index (χ0v) is 14.4. The second kappa shape index (κ2) is 6.47. The molecule has 2 heterocycles. The Morgan fingerprint density at radius 1 is 1.32 bits per heavy atom. The van der Waals surface area contributed by atoms with Gasteiger partial charge in [-0.2, -0.15) is 5.10 Å². The molecule has 2 aliphatic rings. The Labute approximate surface area is 146 Å². The number of hydrogen-bond acceptors (Lipinski definition) is 2. The maximum Gasteiger partial charge on any atom is 0.226 e. The van der Waals surface area contributed by atoms with E-state index in [9.17, 15) is 9.18 Å². The van der Waals surface area contributed by atoms with Crippen LogP contribution in [0.5, 0.6) is 0 Å². The summed E-state index contributed by atoms with van der Waals surface area (Å²) in [7, 11) is 1.90. The second-order valence-corrected chi connectivity index (χ2v) is 7.08. The van der Waals surface area contributed by atoms with Gasteiger partial charge in [0.2, 0.25) is 5.91 Å². The predicted molar refractivity (Wildman–Crippen MR) is 94.2 cm³/mol. The lowest BCUT2D eigenvalue weighted by Gasteiger charge is -2.29. The van der Waals surface area contributed by atoms with E-state index in [1.54, 1.807) is 16.8 Å². The fourth-order valence-electron chi connectivity index (χ4n) is 3.69. The number of aromatic nitrogens is 2. The minimum Gasteiger partial charge on any atom is -0.342 e. The molecule has 1 amide bonds. The first-order chi connectivity index (χ1) is 12.1. The number of rotatable bonds is 3. The van der Waals surface area contributed by atoms with Gasteiger partial charge in [0.15, 0.2) is 0 Å². The van der Waals surface area contributed by atoms with E-state index in [1.807, 2.05) is 30.4 Å². The summed E-state index contributed by atoms with van der Waals surface area (Å²) in [6.07, 6.45) is 8.61. The van der Waals surface area contributed by atoms with E-state index in [-0.39, 0.29) is 17.6 Å². The van der Waals surface area contributed by atoms with Crippen LogP contribution in [0, 0.1) is 11.7 Å². The summed E-state index contributed by atoms with van der Waals surface area (Å²) in [4.78, 5) is 14.7. The van der Waals surface area contributed by atoms with Crippen LogP contribution in [0.1, 0.15) is 36.3 Å². The number of nitrogens with zero attached hydrogens (tertiary/aromatic N) is 3. The van der Waals surface area contributed by atoms with E-state index in [1.165, 1.54) is 17.2 Å². The van der Waals surface area contributed by atoms with Gasteiger partial charge in [0.25, 0.3) is 0 Å². The Morgan fingerprint density at radius 2 is 2.12 bits per heavy atom. The number of carbonyl (C=O) groups excluding carboxylic acids is 1. The van der Waals surface area contributed by atoms with Gasteiger partial charge < -0.3 is 4.90 Å². The molecule has 4 rings (SSSR count). The van der Waals surface area contributed by atoms with Crippen molar-refractivity contribution in [2.24, 2.45) is 13.0 Å². The largest absolute Gasteiger partial charge is 0.342 e. The van der Waals surface area contributed by atoms with Crippen molar-refractivity contribution in [3.8, 4) is 0 Å². The Balaban J connectivity index is 1.34. The molecule has 2 fully saturated rings. The molecule has 2 aromatic rings. The van der Waals surface area contributed by atoms with Crippen molar-refractivity contribution in [3.63, 3.8) is 0 Å². The van der Waals surface area contributed by atoms with Gasteiger partial charge >= 0.3 is 0 Å². The smallest absolute Gasteiger partial charge is 0.226 e. The summed E-state index contributed by atoms with van der Waals surface area (Å²) in [6.45, 7) is 1.52. The van der Waals surface area contributed by atoms with Gasteiger partial charge in [-0.25, -0.2) is 4.39 Å². The van der Waals surface area contributed by atoms with Gasteiger partial charge in [0.1, 0.15) is 5.82 Å². The normalized spacial score (nSPS) is 22.8. The number of hydrogen-bond donors (Lipinski definition) is 0. The summed E-state index contributed by atoms with van der Waals surface area (Å²) in [5.41, 5.74) is 3.35. The number of piperidine rings is 1. The molecule has 4 nitrogen and oxygen atoms in total. The molecule has 1 aliphatic heterocycles. The lowest BCUT2D eigenvalue weighted by atomic mass is 10.0. The summed E-state index contributed by atoms with van der Waals surface area (Å²) in [5.74, 6) is 0.527. The van der Waals surface area contributed by atoms with Gasteiger partial charge in [-0.1, -0.05) is 23.8 Å². The number of carbonyl (C=O) groups is 1. The van der Waals surface area contributed by atoms with Gasteiger partial charge in [0.05, 0.1) is 6.20 Å². The van der Waals surface area contributed by atoms with Crippen LogP contribution >= 0.6 is 0 Å².